The van der Waals surface area contributed by atoms with Gasteiger partial charge >= 0.3 is 0 Å². The number of rotatable bonds is 2. The molecule has 19 heavy (non-hydrogen) atoms. The molecule has 1 aliphatic carbocycles. The van der Waals surface area contributed by atoms with Crippen LogP contribution in [-0.4, -0.2) is 7.28 Å². The average molecular weight is 250 g/mol. The molecule has 0 aromatic heterocycles. The van der Waals surface area contributed by atoms with Gasteiger partial charge in [0.15, 0.2) is 7.28 Å². The Morgan fingerprint density at radius 3 is 2.11 bits per heavy atom. The molecule has 0 N–H and O–H groups in total. The van der Waals surface area contributed by atoms with Crippen molar-refractivity contribution in [3.8, 4) is 0 Å². The lowest BCUT2D eigenvalue weighted by Crippen LogP contribution is -2.17. The summed E-state index contributed by atoms with van der Waals surface area (Å²) in [5, 5.41) is 0. The molecule has 98 valence electrons. The van der Waals surface area contributed by atoms with Crippen LogP contribution in [0.5, 0.6) is 0 Å². The van der Waals surface area contributed by atoms with Crippen molar-refractivity contribution in [1.29, 1.82) is 0 Å². The molecule has 0 radical (unpaired) electrons. The maximum atomic E-state index is 2.35. The van der Waals surface area contributed by atoms with Gasteiger partial charge in [-0.3, -0.25) is 0 Å². The summed E-state index contributed by atoms with van der Waals surface area (Å²) in [6.45, 7) is 11.2. The van der Waals surface area contributed by atoms with Crippen molar-refractivity contribution in [2.45, 2.75) is 34.6 Å². The van der Waals surface area contributed by atoms with Gasteiger partial charge in [-0.25, -0.2) is 0 Å². The first-order chi connectivity index (χ1) is 8.89. The molecule has 0 amide bonds. The zero-order chi connectivity index (χ0) is 14.0. The maximum Gasteiger partial charge on any atom is 0.192 e. The molecule has 0 bridgehead atoms. The van der Waals surface area contributed by atoms with Gasteiger partial charge in [-0.05, 0) is 20.8 Å². The quantitative estimate of drug-likeness (QED) is 0.699. The Bertz CT molecular complexity index is 554. The van der Waals surface area contributed by atoms with E-state index in [1.165, 1.54) is 27.6 Å². The van der Waals surface area contributed by atoms with Gasteiger partial charge in [0.1, 0.15) is 0 Å². The van der Waals surface area contributed by atoms with E-state index in [0.717, 1.165) is 7.28 Å². The topological polar surface area (TPSA) is 0 Å². The van der Waals surface area contributed by atoms with Crippen LogP contribution in [0.25, 0.3) is 0 Å². The molecular formula is C18H23B. The summed E-state index contributed by atoms with van der Waals surface area (Å²) in [5.74, 6) is 0. The van der Waals surface area contributed by atoms with E-state index in [-0.39, 0.29) is 5.41 Å². The Morgan fingerprint density at radius 2 is 1.47 bits per heavy atom. The molecule has 0 atom stereocenters. The molecule has 0 saturated heterocycles. The summed E-state index contributed by atoms with van der Waals surface area (Å²) in [6, 6.07) is 8.83. The zero-order valence-corrected chi connectivity index (χ0v) is 12.7. The first-order valence-corrected chi connectivity index (χ1v) is 7.02. The average Bonchev–Trinajstić information content (AvgIpc) is 2.45. The van der Waals surface area contributed by atoms with Crippen LogP contribution in [0.1, 0.15) is 33.3 Å². The van der Waals surface area contributed by atoms with Crippen molar-refractivity contribution < 1.29 is 0 Å². The van der Waals surface area contributed by atoms with Crippen molar-refractivity contribution in [3.63, 3.8) is 0 Å². The van der Waals surface area contributed by atoms with Crippen molar-refractivity contribution in [1.82, 2.24) is 0 Å². The molecule has 1 heteroatoms. The number of benzene rings is 1. The summed E-state index contributed by atoms with van der Waals surface area (Å²) >= 11 is 0. The van der Waals surface area contributed by atoms with Gasteiger partial charge < -0.3 is 0 Å². The summed E-state index contributed by atoms with van der Waals surface area (Å²) in [6.07, 6.45) is 6.90. The fourth-order valence-corrected chi connectivity index (χ4v) is 2.31. The van der Waals surface area contributed by atoms with Gasteiger partial charge in [-0.2, -0.15) is 0 Å². The minimum Gasteiger partial charge on any atom is -0.0786 e. The van der Waals surface area contributed by atoms with E-state index in [0.29, 0.717) is 0 Å². The molecular weight excluding hydrogens is 227 g/mol. The maximum absolute atomic E-state index is 2.35. The van der Waals surface area contributed by atoms with E-state index in [1.807, 2.05) is 0 Å². The monoisotopic (exact) mass is 250 g/mol. The summed E-state index contributed by atoms with van der Waals surface area (Å²) in [5.41, 5.74) is 7.14. The van der Waals surface area contributed by atoms with E-state index < -0.39 is 0 Å². The van der Waals surface area contributed by atoms with Crippen molar-refractivity contribution in [2.24, 2.45) is 5.41 Å². The van der Waals surface area contributed by atoms with E-state index >= 15 is 0 Å². The molecule has 1 aliphatic rings. The molecule has 0 heterocycles. The van der Waals surface area contributed by atoms with Crippen LogP contribution >= 0.6 is 0 Å². The van der Waals surface area contributed by atoms with Crippen LogP contribution in [0.2, 0.25) is 0 Å². The van der Waals surface area contributed by atoms with Gasteiger partial charge in [0, 0.05) is 5.41 Å². The number of allylic oxidation sites excluding steroid dienone is 6. The molecule has 0 unspecified atom stereocenters. The highest BCUT2D eigenvalue weighted by Crippen LogP contribution is 2.36. The Kier molecular flexibility index (Phi) is 3.84. The fraction of sp³-hybridized carbons (Fsp3) is 0.333. The molecule has 1 aromatic carbocycles. The first kappa shape index (κ1) is 13.9. The Balaban J connectivity index is 2.27. The third-order valence-electron chi connectivity index (χ3n) is 4.45. The molecule has 1 aromatic rings. The van der Waals surface area contributed by atoms with Crippen LogP contribution in [0.4, 0.5) is 0 Å². The second-order valence-electron chi connectivity index (χ2n) is 6.21. The minimum absolute atomic E-state index is 0.172. The normalized spacial score (nSPS) is 18.1. The van der Waals surface area contributed by atoms with E-state index in [9.17, 15) is 0 Å². The van der Waals surface area contributed by atoms with E-state index in [2.05, 4.69) is 77.1 Å². The van der Waals surface area contributed by atoms with Crippen LogP contribution in [-0.2, 0) is 0 Å². The highest BCUT2D eigenvalue weighted by atomic mass is 14.3. The summed E-state index contributed by atoms with van der Waals surface area (Å²) in [4.78, 5) is 0. The van der Waals surface area contributed by atoms with Crippen LogP contribution in [0.15, 0.2) is 59.1 Å². The van der Waals surface area contributed by atoms with Crippen molar-refractivity contribution in [3.05, 3.63) is 64.7 Å². The van der Waals surface area contributed by atoms with Gasteiger partial charge in [0.05, 0.1) is 0 Å². The lowest BCUT2D eigenvalue weighted by Gasteiger charge is -2.26. The van der Waals surface area contributed by atoms with Gasteiger partial charge in [-0.1, -0.05) is 84.0 Å². The number of aryl methyl sites for hydroxylation is 1. The Morgan fingerprint density at radius 1 is 0.842 bits per heavy atom. The SMILES string of the molecule is CC1=CC=C(Bc2ccc(C)cc2)C=C(C)C1(C)C. The van der Waals surface area contributed by atoms with E-state index in [4.69, 9.17) is 0 Å². The van der Waals surface area contributed by atoms with E-state index in [1.54, 1.807) is 0 Å². The third kappa shape index (κ3) is 3.09. The highest BCUT2D eigenvalue weighted by Gasteiger charge is 2.23. The molecule has 0 aliphatic heterocycles. The standard InChI is InChI=1S/C18H23B/c1-13-6-9-16(10-7-13)19-17-11-8-14(2)18(4,5)15(3)12-17/h6-12,19H,1-5H3. The smallest absolute Gasteiger partial charge is 0.0786 e. The second-order valence-corrected chi connectivity index (χ2v) is 6.21. The largest absolute Gasteiger partial charge is 0.192 e. The van der Waals surface area contributed by atoms with Crippen LogP contribution < -0.4 is 5.46 Å². The fourth-order valence-electron chi connectivity index (χ4n) is 2.31. The zero-order valence-electron chi connectivity index (χ0n) is 12.7. The summed E-state index contributed by atoms with van der Waals surface area (Å²) in [7, 11) is 1.01. The number of hydrogen-bond donors (Lipinski definition) is 0. The molecule has 0 saturated carbocycles. The number of hydrogen-bond acceptors (Lipinski definition) is 0. The van der Waals surface area contributed by atoms with Crippen molar-refractivity contribution >= 4 is 12.7 Å². The lowest BCUT2D eigenvalue weighted by molar-refractivity contribution is 0.539. The first-order valence-electron chi connectivity index (χ1n) is 7.02. The lowest BCUT2D eigenvalue weighted by atomic mass is 9.62. The predicted molar refractivity (Wildman–Crippen MR) is 87.3 cm³/mol. The second kappa shape index (κ2) is 5.24. The van der Waals surface area contributed by atoms with Gasteiger partial charge in [0.25, 0.3) is 0 Å². The van der Waals surface area contributed by atoms with Gasteiger partial charge in [-0.15, -0.1) is 0 Å². The molecule has 0 fully saturated rings. The van der Waals surface area contributed by atoms with Gasteiger partial charge in [0.2, 0.25) is 0 Å². The molecule has 0 spiro atoms. The Labute approximate surface area is 118 Å². The van der Waals surface area contributed by atoms with Crippen LogP contribution in [0.3, 0.4) is 0 Å². The highest BCUT2D eigenvalue weighted by molar-refractivity contribution is 6.61. The molecule has 2 rings (SSSR count). The predicted octanol–water partition coefficient (Wildman–Crippen LogP) is 3.87. The van der Waals surface area contributed by atoms with Crippen LogP contribution in [0, 0.1) is 12.3 Å². The summed E-state index contributed by atoms with van der Waals surface area (Å²) < 4.78 is 0. The third-order valence-corrected chi connectivity index (χ3v) is 4.45. The minimum atomic E-state index is 0.172. The Hall–Kier alpha value is -1.50. The van der Waals surface area contributed by atoms with Crippen molar-refractivity contribution in [2.75, 3.05) is 0 Å². The molecule has 0 nitrogen and oxygen atoms in total.